The first kappa shape index (κ1) is 9.59. The zero-order valence-corrected chi connectivity index (χ0v) is 9.85. The van der Waals surface area contributed by atoms with E-state index in [2.05, 4.69) is 13.0 Å². The Morgan fingerprint density at radius 1 is 1.40 bits per heavy atom. The molecule has 15 heavy (non-hydrogen) atoms. The lowest BCUT2D eigenvalue weighted by Crippen LogP contribution is -2.20. The largest absolute Gasteiger partial charge is 0.293 e. The third-order valence-electron chi connectivity index (χ3n) is 4.16. The van der Waals surface area contributed by atoms with Crippen LogP contribution in [-0.2, 0) is 0 Å². The van der Waals surface area contributed by atoms with Crippen LogP contribution in [0.3, 0.4) is 0 Å². The molecule has 2 bridgehead atoms. The van der Waals surface area contributed by atoms with Gasteiger partial charge in [0.05, 0.1) is 4.88 Å². The lowest BCUT2D eigenvalue weighted by molar-refractivity contribution is 0.0878. The molecule has 80 valence electrons. The van der Waals surface area contributed by atoms with Crippen molar-refractivity contribution in [2.75, 3.05) is 0 Å². The van der Waals surface area contributed by atoms with E-state index in [-0.39, 0.29) is 0 Å². The number of carbonyl (C=O) groups excluding carboxylic acids is 1. The van der Waals surface area contributed by atoms with Gasteiger partial charge in [-0.15, -0.1) is 11.3 Å². The molecule has 0 aliphatic heterocycles. The summed E-state index contributed by atoms with van der Waals surface area (Å²) in [5, 5.41) is 2.04. The van der Waals surface area contributed by atoms with Crippen LogP contribution in [0.4, 0.5) is 0 Å². The molecule has 0 amide bonds. The second-order valence-corrected chi connectivity index (χ2v) is 5.99. The molecule has 2 saturated carbocycles. The van der Waals surface area contributed by atoms with E-state index < -0.39 is 0 Å². The maximum Gasteiger partial charge on any atom is 0.176 e. The monoisotopic (exact) mass is 220 g/mol. The molecule has 3 unspecified atom stereocenters. The van der Waals surface area contributed by atoms with Crippen molar-refractivity contribution in [1.82, 2.24) is 0 Å². The third kappa shape index (κ3) is 1.46. The van der Waals surface area contributed by atoms with Crippen molar-refractivity contribution in [3.63, 3.8) is 0 Å². The molecule has 3 atom stereocenters. The molecule has 0 spiro atoms. The number of aryl methyl sites for hydroxylation is 1. The molecule has 1 heterocycles. The van der Waals surface area contributed by atoms with E-state index in [0.717, 1.165) is 10.8 Å². The maximum absolute atomic E-state index is 12.3. The van der Waals surface area contributed by atoms with Gasteiger partial charge in [-0.25, -0.2) is 0 Å². The Morgan fingerprint density at radius 2 is 2.27 bits per heavy atom. The Morgan fingerprint density at radius 3 is 2.80 bits per heavy atom. The van der Waals surface area contributed by atoms with Crippen LogP contribution in [0.25, 0.3) is 0 Å². The quantitative estimate of drug-likeness (QED) is 0.695. The van der Waals surface area contributed by atoms with Crippen molar-refractivity contribution in [2.45, 2.75) is 32.6 Å². The van der Waals surface area contributed by atoms with Crippen LogP contribution >= 0.6 is 11.3 Å². The van der Waals surface area contributed by atoms with E-state index >= 15 is 0 Å². The number of thiophene rings is 1. The van der Waals surface area contributed by atoms with E-state index in [4.69, 9.17) is 0 Å². The van der Waals surface area contributed by atoms with Crippen LogP contribution in [-0.4, -0.2) is 5.78 Å². The highest BCUT2D eigenvalue weighted by molar-refractivity contribution is 7.12. The molecule has 3 rings (SSSR count). The summed E-state index contributed by atoms with van der Waals surface area (Å²) in [5.74, 6) is 2.38. The van der Waals surface area contributed by atoms with Gasteiger partial charge in [0.25, 0.3) is 0 Å². The highest BCUT2D eigenvalue weighted by Crippen LogP contribution is 2.49. The molecule has 1 aromatic rings. The molecular weight excluding hydrogens is 204 g/mol. The lowest BCUT2D eigenvalue weighted by Gasteiger charge is -2.19. The molecule has 2 heteroatoms. The van der Waals surface area contributed by atoms with E-state index in [1.54, 1.807) is 11.3 Å². The number of hydrogen-bond donors (Lipinski definition) is 0. The number of rotatable bonds is 2. The summed E-state index contributed by atoms with van der Waals surface area (Å²) >= 11 is 1.62. The summed E-state index contributed by atoms with van der Waals surface area (Å²) in [7, 11) is 0. The molecule has 0 aromatic carbocycles. The van der Waals surface area contributed by atoms with Crippen LogP contribution in [0.15, 0.2) is 11.4 Å². The summed E-state index contributed by atoms with van der Waals surface area (Å²) in [5.41, 5.74) is 1.17. The van der Waals surface area contributed by atoms with Crippen molar-refractivity contribution in [3.8, 4) is 0 Å². The number of ketones is 1. The number of fused-ring (bicyclic) bond motifs is 2. The average molecular weight is 220 g/mol. The topological polar surface area (TPSA) is 17.1 Å². The van der Waals surface area contributed by atoms with E-state index in [9.17, 15) is 4.79 Å². The smallest absolute Gasteiger partial charge is 0.176 e. The summed E-state index contributed by atoms with van der Waals surface area (Å²) in [6.45, 7) is 2.05. The second-order valence-electron chi connectivity index (χ2n) is 5.08. The van der Waals surface area contributed by atoms with E-state index in [0.29, 0.717) is 17.6 Å². The van der Waals surface area contributed by atoms with Gasteiger partial charge < -0.3 is 0 Å². The van der Waals surface area contributed by atoms with Crippen LogP contribution in [0, 0.1) is 24.7 Å². The van der Waals surface area contributed by atoms with Gasteiger partial charge in [0.15, 0.2) is 5.78 Å². The Kier molecular flexibility index (Phi) is 2.20. The zero-order valence-electron chi connectivity index (χ0n) is 9.03. The average Bonchev–Trinajstić information content (AvgIpc) is 2.91. The van der Waals surface area contributed by atoms with Gasteiger partial charge in [0, 0.05) is 5.92 Å². The van der Waals surface area contributed by atoms with Crippen molar-refractivity contribution in [1.29, 1.82) is 0 Å². The van der Waals surface area contributed by atoms with Gasteiger partial charge in [-0.05, 0) is 55.0 Å². The van der Waals surface area contributed by atoms with Crippen LogP contribution in [0.2, 0.25) is 0 Å². The minimum absolute atomic E-state index is 0.362. The Bertz CT molecular complexity index is 393. The first-order valence-electron chi connectivity index (χ1n) is 5.84. The van der Waals surface area contributed by atoms with Gasteiger partial charge >= 0.3 is 0 Å². The minimum Gasteiger partial charge on any atom is -0.293 e. The Hall–Kier alpha value is -0.630. The predicted octanol–water partition coefficient (Wildman–Crippen LogP) is 3.68. The predicted molar refractivity (Wildman–Crippen MR) is 62.3 cm³/mol. The Labute approximate surface area is 94.5 Å². The van der Waals surface area contributed by atoms with Gasteiger partial charge in [-0.1, -0.05) is 6.42 Å². The first-order valence-corrected chi connectivity index (χ1v) is 6.72. The van der Waals surface area contributed by atoms with Crippen LogP contribution < -0.4 is 0 Å². The highest BCUT2D eigenvalue weighted by atomic mass is 32.1. The molecule has 2 fully saturated rings. The second kappa shape index (κ2) is 3.44. The summed E-state index contributed by atoms with van der Waals surface area (Å²) in [4.78, 5) is 13.4. The fourth-order valence-electron chi connectivity index (χ4n) is 3.36. The Balaban J connectivity index is 1.84. The summed E-state index contributed by atoms with van der Waals surface area (Å²) in [6.07, 6.45) is 5.16. The first-order chi connectivity index (χ1) is 7.25. The van der Waals surface area contributed by atoms with Crippen molar-refractivity contribution >= 4 is 17.1 Å². The standard InChI is InChI=1S/C13H16OS/c1-8-4-5-15-13(8)12(14)11-7-9-2-3-10(11)6-9/h4-5,9-11H,2-3,6-7H2,1H3. The highest BCUT2D eigenvalue weighted by Gasteiger charge is 2.43. The fraction of sp³-hybridized carbons (Fsp3) is 0.615. The van der Waals surface area contributed by atoms with Crippen molar-refractivity contribution < 1.29 is 4.79 Å². The van der Waals surface area contributed by atoms with Gasteiger partial charge in [0.1, 0.15) is 0 Å². The number of hydrogen-bond acceptors (Lipinski definition) is 2. The third-order valence-corrected chi connectivity index (χ3v) is 5.19. The van der Waals surface area contributed by atoms with E-state index in [1.165, 1.54) is 31.2 Å². The van der Waals surface area contributed by atoms with Crippen molar-refractivity contribution in [3.05, 3.63) is 21.9 Å². The zero-order chi connectivity index (χ0) is 10.4. The van der Waals surface area contributed by atoms with Gasteiger partial charge in [-0.3, -0.25) is 4.79 Å². The number of Topliss-reactive ketones (excluding diaryl/α,β-unsaturated/α-hetero) is 1. The molecule has 0 N–H and O–H groups in total. The molecule has 0 saturated heterocycles. The summed E-state index contributed by atoms with van der Waals surface area (Å²) < 4.78 is 0. The van der Waals surface area contributed by atoms with Crippen LogP contribution in [0.5, 0.6) is 0 Å². The summed E-state index contributed by atoms with van der Waals surface area (Å²) in [6, 6.07) is 2.06. The SMILES string of the molecule is Cc1ccsc1C(=O)C1CC2CCC1C2. The maximum atomic E-state index is 12.3. The molecule has 2 aliphatic carbocycles. The lowest BCUT2D eigenvalue weighted by atomic mass is 9.85. The minimum atomic E-state index is 0.362. The van der Waals surface area contributed by atoms with E-state index in [1.807, 2.05) is 5.38 Å². The van der Waals surface area contributed by atoms with Gasteiger partial charge in [-0.2, -0.15) is 0 Å². The normalized spacial score (nSPS) is 33.5. The molecule has 1 aromatic heterocycles. The van der Waals surface area contributed by atoms with Gasteiger partial charge in [0.2, 0.25) is 0 Å². The molecule has 2 aliphatic rings. The van der Waals surface area contributed by atoms with Crippen LogP contribution in [0.1, 0.15) is 40.9 Å². The molecular formula is C13H16OS. The molecule has 0 radical (unpaired) electrons. The fourth-order valence-corrected chi connectivity index (χ4v) is 4.29. The van der Waals surface area contributed by atoms with Crippen molar-refractivity contribution in [2.24, 2.45) is 17.8 Å². The number of carbonyl (C=O) groups is 1. The molecule has 1 nitrogen and oxygen atoms in total.